The number of aryl methyl sites for hydroxylation is 1. The number of ether oxygens (including phenoxy) is 1. The summed E-state index contributed by atoms with van der Waals surface area (Å²) in [4.78, 5) is 38.9. The molecule has 0 aliphatic carbocycles. The molecule has 0 aliphatic heterocycles. The Balaban J connectivity index is 2.08. The van der Waals surface area contributed by atoms with Crippen LogP contribution in [-0.4, -0.2) is 56.3 Å². The van der Waals surface area contributed by atoms with Crippen molar-refractivity contribution in [2.45, 2.75) is 45.2 Å². The van der Waals surface area contributed by atoms with E-state index < -0.39 is 39.3 Å². The second-order valence-corrected chi connectivity index (χ2v) is 12.7. The zero-order valence-corrected chi connectivity index (χ0v) is 26.2. The molecule has 0 aromatic heterocycles. The summed E-state index contributed by atoms with van der Waals surface area (Å²) in [5, 5.41) is 14.8. The van der Waals surface area contributed by atoms with Gasteiger partial charge in [0.2, 0.25) is 11.8 Å². The topological polar surface area (TPSA) is 139 Å². The molecule has 0 saturated carbocycles. The van der Waals surface area contributed by atoms with Crippen molar-refractivity contribution in [2.75, 3.05) is 24.5 Å². The summed E-state index contributed by atoms with van der Waals surface area (Å²) < 4.78 is 34.1. The van der Waals surface area contributed by atoms with Crippen molar-refractivity contribution in [3.05, 3.63) is 93.0 Å². The number of amides is 2. The number of sulfonamides is 1. The molecular formula is C30H35ClN4O7S. The van der Waals surface area contributed by atoms with Crippen LogP contribution in [0.5, 0.6) is 5.75 Å². The van der Waals surface area contributed by atoms with Crippen LogP contribution < -0.4 is 14.4 Å². The van der Waals surface area contributed by atoms with Gasteiger partial charge in [-0.2, -0.15) is 0 Å². The quantitative estimate of drug-likeness (QED) is 0.208. The molecule has 0 aliphatic rings. The molecule has 0 fully saturated rings. The lowest BCUT2D eigenvalue weighted by molar-refractivity contribution is -0.385. The maximum absolute atomic E-state index is 14.0. The largest absolute Gasteiger partial charge is 0.497 e. The third-order valence-electron chi connectivity index (χ3n) is 6.70. The number of methoxy groups -OCH3 is 1. The summed E-state index contributed by atoms with van der Waals surface area (Å²) in [5.74, 6) is -0.454. The van der Waals surface area contributed by atoms with Gasteiger partial charge in [-0.25, -0.2) is 8.42 Å². The number of benzene rings is 3. The number of carbonyl (C=O) groups excluding carboxylic acids is 2. The molecule has 1 N–H and O–H groups in total. The van der Waals surface area contributed by atoms with Crippen molar-refractivity contribution in [1.82, 2.24) is 10.2 Å². The fourth-order valence-electron chi connectivity index (χ4n) is 4.22. The Hall–Kier alpha value is -4.16. The molecule has 11 nitrogen and oxygen atoms in total. The molecule has 230 valence electrons. The fourth-order valence-corrected chi connectivity index (χ4v) is 5.87. The number of carbonyl (C=O) groups is 2. The van der Waals surface area contributed by atoms with Gasteiger partial charge in [-0.15, -0.1) is 0 Å². The summed E-state index contributed by atoms with van der Waals surface area (Å²) >= 11 is 6.17. The Morgan fingerprint density at radius 2 is 1.72 bits per heavy atom. The van der Waals surface area contributed by atoms with Crippen LogP contribution in [0, 0.1) is 23.0 Å². The molecule has 0 radical (unpaired) electrons. The van der Waals surface area contributed by atoms with Gasteiger partial charge in [-0.3, -0.25) is 24.0 Å². The number of hydrogen-bond acceptors (Lipinski definition) is 7. The summed E-state index contributed by atoms with van der Waals surface area (Å²) in [6, 6.07) is 15.4. The van der Waals surface area contributed by atoms with Crippen LogP contribution in [0.3, 0.4) is 0 Å². The van der Waals surface area contributed by atoms with Crippen LogP contribution in [0.25, 0.3) is 0 Å². The Bertz CT molecular complexity index is 1580. The Labute approximate surface area is 256 Å². The van der Waals surface area contributed by atoms with Crippen molar-refractivity contribution >= 4 is 44.8 Å². The van der Waals surface area contributed by atoms with Crippen LogP contribution in [0.2, 0.25) is 5.02 Å². The van der Waals surface area contributed by atoms with Crippen molar-refractivity contribution < 1.29 is 27.7 Å². The van der Waals surface area contributed by atoms with Gasteiger partial charge < -0.3 is 15.0 Å². The maximum Gasteiger partial charge on any atom is 0.273 e. The molecular weight excluding hydrogens is 596 g/mol. The molecule has 13 heteroatoms. The van der Waals surface area contributed by atoms with Crippen LogP contribution in [0.4, 0.5) is 11.4 Å². The molecule has 2 amide bonds. The number of nitro groups is 1. The lowest BCUT2D eigenvalue weighted by Gasteiger charge is -2.32. The molecule has 3 rings (SSSR count). The monoisotopic (exact) mass is 630 g/mol. The standard InChI is InChI=1S/C30H35ClN4O7S/c1-20(2)17-32-30(37)22(4)33(18-23-7-6-8-24(31)15-23)29(36)19-34(25-10-12-26(42-5)13-11-25)43(40,41)27-14-9-21(3)28(16-27)35(38)39/h6-16,20,22H,17-19H2,1-5H3,(H,32,37)/t22-/m0/s1. The van der Waals surface area contributed by atoms with Crippen molar-refractivity contribution in [2.24, 2.45) is 5.92 Å². The van der Waals surface area contributed by atoms with Gasteiger partial charge in [0.05, 0.1) is 22.6 Å². The molecule has 0 spiro atoms. The lowest BCUT2D eigenvalue weighted by atomic mass is 10.1. The Morgan fingerprint density at radius 3 is 2.30 bits per heavy atom. The maximum atomic E-state index is 14.0. The molecule has 0 unspecified atom stereocenters. The van der Waals surface area contributed by atoms with E-state index in [-0.39, 0.29) is 34.3 Å². The van der Waals surface area contributed by atoms with Crippen LogP contribution in [-0.2, 0) is 26.2 Å². The van der Waals surface area contributed by atoms with E-state index >= 15 is 0 Å². The van der Waals surface area contributed by atoms with E-state index in [1.807, 2.05) is 13.8 Å². The number of rotatable bonds is 13. The van der Waals surface area contributed by atoms with Crippen molar-refractivity contribution in [1.29, 1.82) is 0 Å². The van der Waals surface area contributed by atoms with Gasteiger partial charge in [-0.05, 0) is 67.8 Å². The molecule has 43 heavy (non-hydrogen) atoms. The third-order valence-corrected chi connectivity index (χ3v) is 8.70. The number of halogens is 1. The zero-order valence-electron chi connectivity index (χ0n) is 24.6. The van der Waals surface area contributed by atoms with E-state index in [1.165, 1.54) is 55.3 Å². The molecule has 0 saturated heterocycles. The minimum absolute atomic E-state index is 0.0256. The zero-order chi connectivity index (χ0) is 31.9. The fraction of sp³-hybridized carbons (Fsp3) is 0.333. The summed E-state index contributed by atoms with van der Waals surface area (Å²) in [6.07, 6.45) is 0. The lowest BCUT2D eigenvalue weighted by Crippen LogP contribution is -2.51. The van der Waals surface area contributed by atoms with Crippen LogP contribution in [0.1, 0.15) is 31.9 Å². The summed E-state index contributed by atoms with van der Waals surface area (Å²) in [5.41, 5.74) is 0.666. The average Bonchev–Trinajstić information content (AvgIpc) is 2.96. The highest BCUT2D eigenvalue weighted by atomic mass is 35.5. The van der Waals surface area contributed by atoms with E-state index in [1.54, 1.807) is 31.2 Å². The molecule has 0 heterocycles. The first-order valence-corrected chi connectivity index (χ1v) is 15.3. The number of hydrogen-bond donors (Lipinski definition) is 1. The van der Waals surface area contributed by atoms with Gasteiger partial charge in [0.25, 0.3) is 15.7 Å². The second kappa shape index (κ2) is 14.3. The predicted octanol–water partition coefficient (Wildman–Crippen LogP) is 4.95. The number of nitrogens with one attached hydrogen (secondary N) is 1. The highest BCUT2D eigenvalue weighted by Crippen LogP contribution is 2.29. The molecule has 0 bridgehead atoms. The van der Waals surface area contributed by atoms with E-state index in [9.17, 15) is 28.1 Å². The van der Waals surface area contributed by atoms with Crippen molar-refractivity contribution in [3.63, 3.8) is 0 Å². The van der Waals surface area contributed by atoms with E-state index in [4.69, 9.17) is 16.3 Å². The summed E-state index contributed by atoms with van der Waals surface area (Å²) in [6.45, 7) is 6.61. The first-order valence-electron chi connectivity index (χ1n) is 13.5. The number of nitro benzene ring substituents is 1. The number of anilines is 1. The van der Waals surface area contributed by atoms with E-state index in [0.717, 1.165) is 10.4 Å². The van der Waals surface area contributed by atoms with Crippen LogP contribution >= 0.6 is 11.6 Å². The van der Waals surface area contributed by atoms with Gasteiger partial charge in [0.15, 0.2) is 0 Å². The van der Waals surface area contributed by atoms with E-state index in [0.29, 0.717) is 22.9 Å². The van der Waals surface area contributed by atoms with Gasteiger partial charge in [0.1, 0.15) is 18.3 Å². The Kier molecular flexibility index (Phi) is 11.1. The normalized spacial score (nSPS) is 12.0. The number of nitrogens with zero attached hydrogens (tertiary/aromatic N) is 3. The second-order valence-electron chi connectivity index (χ2n) is 10.4. The first kappa shape index (κ1) is 33.3. The predicted molar refractivity (Wildman–Crippen MR) is 165 cm³/mol. The van der Waals surface area contributed by atoms with E-state index in [2.05, 4.69) is 5.32 Å². The summed E-state index contributed by atoms with van der Waals surface area (Å²) in [7, 11) is -3.05. The SMILES string of the molecule is COc1ccc(N(CC(=O)N(Cc2cccc(Cl)c2)[C@@H](C)C(=O)NCC(C)C)S(=O)(=O)c2ccc(C)c([N+](=O)[O-])c2)cc1. The van der Waals surface area contributed by atoms with Crippen LogP contribution in [0.15, 0.2) is 71.6 Å². The minimum Gasteiger partial charge on any atom is -0.497 e. The molecule has 1 atom stereocenters. The van der Waals surface area contributed by atoms with Crippen molar-refractivity contribution in [3.8, 4) is 5.75 Å². The highest BCUT2D eigenvalue weighted by molar-refractivity contribution is 7.92. The smallest absolute Gasteiger partial charge is 0.273 e. The Morgan fingerprint density at radius 1 is 1.05 bits per heavy atom. The van der Waals surface area contributed by atoms with Gasteiger partial charge in [0, 0.05) is 29.7 Å². The molecule has 3 aromatic rings. The molecule has 3 aromatic carbocycles. The highest BCUT2D eigenvalue weighted by Gasteiger charge is 2.33. The first-order chi connectivity index (χ1) is 20.2. The van der Waals surface area contributed by atoms with Gasteiger partial charge >= 0.3 is 0 Å². The van der Waals surface area contributed by atoms with Gasteiger partial charge in [-0.1, -0.05) is 43.6 Å². The minimum atomic E-state index is -4.50. The third kappa shape index (κ3) is 8.45. The average molecular weight is 631 g/mol.